The highest BCUT2D eigenvalue weighted by Crippen LogP contribution is 2.06. The first kappa shape index (κ1) is 15.8. The number of nitrogens with zero attached hydrogens (tertiary/aromatic N) is 5. The Hall–Kier alpha value is -1.63. The number of aromatic nitrogens is 2. The molecule has 1 N–H and O–H groups in total. The normalized spacial score (nSPS) is 17.6. The predicted molar refractivity (Wildman–Crippen MR) is 82.1 cm³/mol. The number of aryl methyl sites for hydroxylation is 1. The van der Waals surface area contributed by atoms with E-state index in [2.05, 4.69) is 44.1 Å². The molecule has 0 amide bonds. The number of piperazine rings is 1. The Morgan fingerprint density at radius 1 is 1.33 bits per heavy atom. The van der Waals surface area contributed by atoms with Gasteiger partial charge in [-0.2, -0.15) is 4.98 Å². The largest absolute Gasteiger partial charge is 0.349 e. The molecule has 2 rings (SSSR count). The van der Waals surface area contributed by atoms with Crippen LogP contribution in [0.25, 0.3) is 0 Å². The number of nitrogens with one attached hydrogen (secondary N) is 1. The van der Waals surface area contributed by atoms with E-state index in [1.165, 1.54) is 6.54 Å². The molecule has 0 unspecified atom stereocenters. The van der Waals surface area contributed by atoms with Crippen LogP contribution in [0.4, 0.5) is 0 Å². The Morgan fingerprint density at radius 2 is 2.05 bits per heavy atom. The van der Waals surface area contributed by atoms with Crippen LogP contribution < -0.4 is 5.32 Å². The molecule has 7 nitrogen and oxygen atoms in total. The average molecular weight is 294 g/mol. The van der Waals surface area contributed by atoms with Crippen molar-refractivity contribution in [1.29, 1.82) is 0 Å². The summed E-state index contributed by atoms with van der Waals surface area (Å²) in [6.07, 6.45) is 0. The molecule has 0 radical (unpaired) electrons. The lowest BCUT2D eigenvalue weighted by Crippen LogP contribution is -2.52. The van der Waals surface area contributed by atoms with Gasteiger partial charge in [0.2, 0.25) is 5.89 Å². The fraction of sp³-hybridized carbons (Fsp3) is 0.786. The minimum Gasteiger partial charge on any atom is -0.349 e. The molecule has 0 aromatic carbocycles. The third-order valence-corrected chi connectivity index (χ3v) is 3.48. The summed E-state index contributed by atoms with van der Waals surface area (Å²) in [5, 5.41) is 7.18. The molecule has 0 atom stereocenters. The highest BCUT2D eigenvalue weighted by molar-refractivity contribution is 5.79. The van der Waals surface area contributed by atoms with Crippen LogP contribution in [0.15, 0.2) is 9.52 Å². The van der Waals surface area contributed by atoms with E-state index in [-0.39, 0.29) is 0 Å². The van der Waals surface area contributed by atoms with Crippen molar-refractivity contribution in [2.75, 3.05) is 39.8 Å². The van der Waals surface area contributed by atoms with Gasteiger partial charge < -0.3 is 14.7 Å². The molecule has 118 valence electrons. The van der Waals surface area contributed by atoms with Crippen LogP contribution in [0.2, 0.25) is 0 Å². The van der Waals surface area contributed by atoms with E-state index in [0.717, 1.165) is 38.1 Å². The minimum absolute atomic E-state index is 0.538. The van der Waals surface area contributed by atoms with Crippen LogP contribution in [0.1, 0.15) is 25.6 Å². The summed E-state index contributed by atoms with van der Waals surface area (Å²) in [5.41, 5.74) is 0. The smallest absolute Gasteiger partial charge is 0.223 e. The van der Waals surface area contributed by atoms with E-state index in [9.17, 15) is 0 Å². The quantitative estimate of drug-likeness (QED) is 0.652. The van der Waals surface area contributed by atoms with Crippen LogP contribution in [-0.2, 0) is 6.54 Å². The predicted octanol–water partition coefficient (Wildman–Crippen LogP) is 0.727. The molecule has 2 heterocycles. The van der Waals surface area contributed by atoms with E-state index >= 15 is 0 Å². The zero-order chi connectivity index (χ0) is 15.2. The fourth-order valence-corrected chi connectivity index (χ4v) is 2.56. The van der Waals surface area contributed by atoms with Crippen LogP contribution in [0, 0.1) is 12.8 Å². The third kappa shape index (κ3) is 4.70. The maximum atomic E-state index is 4.97. The van der Waals surface area contributed by atoms with Gasteiger partial charge in [-0.15, -0.1) is 0 Å². The summed E-state index contributed by atoms with van der Waals surface area (Å²) < 4.78 is 4.97. The van der Waals surface area contributed by atoms with Crippen molar-refractivity contribution in [2.45, 2.75) is 27.3 Å². The molecule has 0 saturated carbocycles. The first-order valence-electron chi connectivity index (χ1n) is 7.55. The van der Waals surface area contributed by atoms with Crippen molar-refractivity contribution in [3.05, 3.63) is 11.7 Å². The van der Waals surface area contributed by atoms with Gasteiger partial charge in [-0.25, -0.2) is 0 Å². The molecule has 1 aliphatic heterocycles. The van der Waals surface area contributed by atoms with Crippen molar-refractivity contribution in [2.24, 2.45) is 10.9 Å². The molecule has 7 heteroatoms. The van der Waals surface area contributed by atoms with Gasteiger partial charge in [0.05, 0.1) is 6.54 Å². The van der Waals surface area contributed by atoms with Gasteiger partial charge in [-0.05, 0) is 5.92 Å². The Morgan fingerprint density at radius 3 is 2.57 bits per heavy atom. The second-order valence-corrected chi connectivity index (χ2v) is 5.81. The highest BCUT2D eigenvalue weighted by Gasteiger charge is 2.20. The van der Waals surface area contributed by atoms with Gasteiger partial charge in [-0.3, -0.25) is 9.89 Å². The van der Waals surface area contributed by atoms with Gasteiger partial charge >= 0.3 is 0 Å². The number of rotatable bonds is 4. The molecule has 1 fully saturated rings. The van der Waals surface area contributed by atoms with Gasteiger partial charge in [0.15, 0.2) is 11.8 Å². The molecule has 21 heavy (non-hydrogen) atoms. The van der Waals surface area contributed by atoms with Gasteiger partial charge in [0.1, 0.15) is 0 Å². The summed E-state index contributed by atoms with van der Waals surface area (Å²) in [4.78, 5) is 13.3. The standard InChI is InChI=1S/C14H26N6O/c1-11(2)10-19-5-7-20(8-6-19)14(15-4)16-9-13-17-12(3)21-18-13/h11H,5-10H2,1-4H3,(H,15,16). The van der Waals surface area contributed by atoms with Crippen LogP contribution in [0.5, 0.6) is 0 Å². The first-order valence-corrected chi connectivity index (χ1v) is 7.55. The second-order valence-electron chi connectivity index (χ2n) is 5.81. The zero-order valence-electron chi connectivity index (χ0n) is 13.5. The lowest BCUT2D eigenvalue weighted by Gasteiger charge is -2.37. The molecular weight excluding hydrogens is 268 g/mol. The number of hydrogen-bond donors (Lipinski definition) is 1. The number of aliphatic imine (C=N–C) groups is 1. The number of guanidine groups is 1. The summed E-state index contributed by atoms with van der Waals surface area (Å²) in [6, 6.07) is 0. The SMILES string of the molecule is CN=C(NCc1noc(C)n1)N1CCN(CC(C)C)CC1. The van der Waals surface area contributed by atoms with Gasteiger partial charge in [0.25, 0.3) is 0 Å². The van der Waals surface area contributed by atoms with Crippen molar-refractivity contribution in [1.82, 2.24) is 25.3 Å². The summed E-state index contributed by atoms with van der Waals surface area (Å²) in [7, 11) is 1.81. The second kappa shape index (κ2) is 7.40. The van der Waals surface area contributed by atoms with Crippen LogP contribution >= 0.6 is 0 Å². The Labute approximate surface area is 126 Å². The minimum atomic E-state index is 0.538. The molecule has 1 aromatic heterocycles. The topological polar surface area (TPSA) is 69.8 Å². The number of hydrogen-bond acceptors (Lipinski definition) is 5. The van der Waals surface area contributed by atoms with E-state index in [4.69, 9.17) is 4.52 Å². The average Bonchev–Trinajstić information content (AvgIpc) is 2.86. The van der Waals surface area contributed by atoms with E-state index < -0.39 is 0 Å². The van der Waals surface area contributed by atoms with E-state index in [1.807, 2.05) is 7.05 Å². The van der Waals surface area contributed by atoms with Crippen LogP contribution in [-0.4, -0.2) is 65.7 Å². The molecule has 0 spiro atoms. The van der Waals surface area contributed by atoms with Crippen molar-refractivity contribution in [3.8, 4) is 0 Å². The molecule has 0 aliphatic carbocycles. The Bertz CT molecular complexity index is 462. The Kier molecular flexibility index (Phi) is 5.55. The third-order valence-electron chi connectivity index (χ3n) is 3.48. The van der Waals surface area contributed by atoms with Crippen molar-refractivity contribution < 1.29 is 4.52 Å². The van der Waals surface area contributed by atoms with Gasteiger partial charge in [-0.1, -0.05) is 19.0 Å². The van der Waals surface area contributed by atoms with Crippen LogP contribution in [0.3, 0.4) is 0 Å². The molecule has 1 aliphatic rings. The lowest BCUT2D eigenvalue weighted by atomic mass is 10.2. The van der Waals surface area contributed by atoms with E-state index in [0.29, 0.717) is 18.3 Å². The summed E-state index contributed by atoms with van der Waals surface area (Å²) in [6.45, 7) is 12.2. The van der Waals surface area contributed by atoms with Gasteiger partial charge in [0, 0.05) is 46.7 Å². The first-order chi connectivity index (χ1) is 10.1. The molecule has 1 saturated heterocycles. The summed E-state index contributed by atoms with van der Waals surface area (Å²) >= 11 is 0. The summed E-state index contributed by atoms with van der Waals surface area (Å²) in [5.74, 6) is 2.87. The molecular formula is C14H26N6O. The zero-order valence-corrected chi connectivity index (χ0v) is 13.5. The maximum Gasteiger partial charge on any atom is 0.223 e. The lowest BCUT2D eigenvalue weighted by molar-refractivity contribution is 0.164. The monoisotopic (exact) mass is 294 g/mol. The van der Waals surface area contributed by atoms with Crippen molar-refractivity contribution >= 4 is 5.96 Å². The maximum absolute atomic E-state index is 4.97. The van der Waals surface area contributed by atoms with Crippen molar-refractivity contribution in [3.63, 3.8) is 0 Å². The molecule has 1 aromatic rings. The fourth-order valence-electron chi connectivity index (χ4n) is 2.56. The Balaban J connectivity index is 1.80. The molecule has 0 bridgehead atoms. The van der Waals surface area contributed by atoms with E-state index in [1.54, 1.807) is 6.92 Å². The highest BCUT2D eigenvalue weighted by atomic mass is 16.5.